The first-order valence-electron chi connectivity index (χ1n) is 8.85. The predicted molar refractivity (Wildman–Crippen MR) is 97.6 cm³/mol. The van der Waals surface area contributed by atoms with Gasteiger partial charge in [-0.25, -0.2) is 0 Å². The highest BCUT2D eigenvalue weighted by Crippen LogP contribution is 2.27. The number of likely N-dealkylation sites (tertiary alicyclic amines) is 1. The van der Waals surface area contributed by atoms with Gasteiger partial charge in [0.05, 0.1) is 18.1 Å². The Balaban J connectivity index is 1.51. The quantitative estimate of drug-likeness (QED) is 0.847. The van der Waals surface area contributed by atoms with Gasteiger partial charge in [0.15, 0.2) is 0 Å². The summed E-state index contributed by atoms with van der Waals surface area (Å²) in [6.45, 7) is 4.92. The fourth-order valence-corrected chi connectivity index (χ4v) is 4.52. The zero-order valence-electron chi connectivity index (χ0n) is 14.2. The van der Waals surface area contributed by atoms with Crippen LogP contribution in [0.3, 0.4) is 0 Å². The van der Waals surface area contributed by atoms with Crippen molar-refractivity contribution < 1.29 is 9.53 Å². The van der Waals surface area contributed by atoms with Gasteiger partial charge in [0.2, 0.25) is 0 Å². The minimum atomic E-state index is 0.167. The topological polar surface area (TPSA) is 45.7 Å². The molecule has 2 aromatic rings. The van der Waals surface area contributed by atoms with E-state index in [4.69, 9.17) is 4.74 Å². The third-order valence-electron chi connectivity index (χ3n) is 5.17. The smallest absolute Gasteiger partial charge is 0.263 e. The molecular weight excluding hydrogens is 334 g/mol. The van der Waals surface area contributed by atoms with Crippen LogP contribution in [-0.2, 0) is 11.3 Å². The molecule has 4 heterocycles. The van der Waals surface area contributed by atoms with Crippen molar-refractivity contribution in [3.05, 3.63) is 52.5 Å². The minimum Gasteiger partial charge on any atom is -0.380 e. The van der Waals surface area contributed by atoms with E-state index in [1.165, 1.54) is 16.9 Å². The fourth-order valence-electron chi connectivity index (χ4n) is 3.83. The van der Waals surface area contributed by atoms with Crippen molar-refractivity contribution in [2.75, 3.05) is 32.8 Å². The molecule has 5 nitrogen and oxygen atoms in total. The average molecular weight is 357 g/mol. The van der Waals surface area contributed by atoms with Crippen LogP contribution in [0.1, 0.15) is 21.7 Å². The molecule has 2 aromatic heterocycles. The second kappa shape index (κ2) is 7.64. The lowest BCUT2D eigenvalue weighted by molar-refractivity contribution is 0.0374. The Morgan fingerprint density at radius 3 is 3.08 bits per heavy atom. The van der Waals surface area contributed by atoms with E-state index in [1.54, 1.807) is 6.20 Å². The molecular formula is C19H23N3O2S. The lowest BCUT2D eigenvalue weighted by Gasteiger charge is -2.42. The van der Waals surface area contributed by atoms with Crippen molar-refractivity contribution in [2.24, 2.45) is 5.92 Å². The number of amides is 1. The maximum absolute atomic E-state index is 12.8. The number of carbonyl (C=O) groups excluding carboxylic acids is 1. The van der Waals surface area contributed by atoms with Crippen LogP contribution in [0.15, 0.2) is 42.0 Å². The zero-order chi connectivity index (χ0) is 17.1. The lowest BCUT2D eigenvalue weighted by atomic mass is 9.90. The lowest BCUT2D eigenvalue weighted by Crippen LogP contribution is -2.54. The molecule has 0 radical (unpaired) electrons. The van der Waals surface area contributed by atoms with Gasteiger partial charge in [0, 0.05) is 50.5 Å². The maximum atomic E-state index is 12.8. The Labute approximate surface area is 152 Å². The molecule has 2 saturated heterocycles. The van der Waals surface area contributed by atoms with Crippen LogP contribution in [0.25, 0.3) is 0 Å². The van der Waals surface area contributed by atoms with Crippen LogP contribution in [0.5, 0.6) is 0 Å². The van der Waals surface area contributed by atoms with Crippen LogP contribution in [0.2, 0.25) is 0 Å². The molecule has 4 rings (SSSR count). The van der Waals surface area contributed by atoms with E-state index in [0.29, 0.717) is 12.0 Å². The van der Waals surface area contributed by atoms with Gasteiger partial charge in [0.25, 0.3) is 5.91 Å². The summed E-state index contributed by atoms with van der Waals surface area (Å²) in [6.07, 6.45) is 4.74. The first kappa shape index (κ1) is 16.7. The van der Waals surface area contributed by atoms with Crippen molar-refractivity contribution in [2.45, 2.75) is 19.0 Å². The number of piperidine rings is 1. The van der Waals surface area contributed by atoms with Crippen LogP contribution < -0.4 is 0 Å². The number of thiophene rings is 1. The predicted octanol–water partition coefficient (Wildman–Crippen LogP) is 2.51. The molecule has 0 spiro atoms. The Morgan fingerprint density at radius 1 is 1.32 bits per heavy atom. The summed E-state index contributed by atoms with van der Waals surface area (Å²) in [6, 6.07) is 8.31. The van der Waals surface area contributed by atoms with Gasteiger partial charge in [-0.1, -0.05) is 12.1 Å². The molecule has 1 amide bonds. The van der Waals surface area contributed by atoms with Crippen molar-refractivity contribution in [1.82, 2.24) is 14.8 Å². The van der Waals surface area contributed by atoms with Gasteiger partial charge in [-0.2, -0.15) is 0 Å². The maximum Gasteiger partial charge on any atom is 0.263 e. The molecule has 2 aliphatic rings. The number of hydrogen-bond donors (Lipinski definition) is 0. The molecule has 0 N–H and O–H groups in total. The van der Waals surface area contributed by atoms with Crippen molar-refractivity contribution in [1.29, 1.82) is 0 Å². The number of nitrogens with zero attached hydrogens (tertiary/aromatic N) is 3. The summed E-state index contributed by atoms with van der Waals surface area (Å²) >= 11 is 1.52. The number of aromatic nitrogens is 1. The van der Waals surface area contributed by atoms with Gasteiger partial charge in [-0.3, -0.25) is 14.7 Å². The van der Waals surface area contributed by atoms with Gasteiger partial charge in [0.1, 0.15) is 0 Å². The Morgan fingerprint density at radius 2 is 2.28 bits per heavy atom. The summed E-state index contributed by atoms with van der Waals surface area (Å²) in [5.41, 5.74) is 1.21. The molecule has 0 unspecified atom stereocenters. The third-order valence-corrected chi connectivity index (χ3v) is 6.03. The zero-order valence-corrected chi connectivity index (χ0v) is 15.0. The first-order valence-corrected chi connectivity index (χ1v) is 9.73. The van der Waals surface area contributed by atoms with E-state index in [9.17, 15) is 4.79 Å². The normalized spacial score (nSPS) is 24.6. The number of ether oxygens (including phenoxy) is 1. The monoisotopic (exact) mass is 357 g/mol. The summed E-state index contributed by atoms with van der Waals surface area (Å²) in [7, 11) is 0. The molecule has 132 valence electrons. The third kappa shape index (κ3) is 3.76. The molecule has 0 saturated carbocycles. The van der Waals surface area contributed by atoms with Gasteiger partial charge in [-0.05, 0) is 29.5 Å². The van der Waals surface area contributed by atoms with E-state index >= 15 is 0 Å². The Bertz CT molecular complexity index is 692. The number of fused-ring (bicyclic) bond motifs is 1. The standard InChI is InChI=1S/C19H23N3O2S/c23-19(18-4-2-10-25-18)22-7-5-16-14-24-9-8-21(17(16)13-22)12-15-3-1-6-20-11-15/h1-4,6,10-11,16-17H,5,7-9,12-14H2/t16-,17-/m1/s1. The van der Waals surface area contributed by atoms with E-state index in [0.717, 1.165) is 50.7 Å². The van der Waals surface area contributed by atoms with Crippen LogP contribution in [-0.4, -0.2) is 59.6 Å². The van der Waals surface area contributed by atoms with E-state index < -0.39 is 0 Å². The average Bonchev–Trinajstić information content (AvgIpc) is 3.12. The van der Waals surface area contributed by atoms with Crippen LogP contribution >= 0.6 is 11.3 Å². The second-order valence-electron chi connectivity index (χ2n) is 6.75. The largest absolute Gasteiger partial charge is 0.380 e. The molecule has 2 fully saturated rings. The highest BCUT2D eigenvalue weighted by molar-refractivity contribution is 7.12. The van der Waals surface area contributed by atoms with E-state index in [1.807, 2.05) is 34.7 Å². The summed E-state index contributed by atoms with van der Waals surface area (Å²) in [5.74, 6) is 0.659. The molecule has 2 atom stereocenters. The number of pyridine rings is 1. The molecule has 0 bridgehead atoms. The second-order valence-corrected chi connectivity index (χ2v) is 7.70. The van der Waals surface area contributed by atoms with E-state index in [-0.39, 0.29) is 5.91 Å². The summed E-state index contributed by atoms with van der Waals surface area (Å²) in [5, 5.41) is 1.97. The van der Waals surface area contributed by atoms with Gasteiger partial charge >= 0.3 is 0 Å². The molecule has 25 heavy (non-hydrogen) atoms. The van der Waals surface area contributed by atoms with Crippen molar-refractivity contribution >= 4 is 17.2 Å². The Hall–Kier alpha value is -1.76. The highest BCUT2D eigenvalue weighted by atomic mass is 32.1. The number of hydrogen-bond acceptors (Lipinski definition) is 5. The number of rotatable bonds is 3. The first-order chi connectivity index (χ1) is 12.3. The van der Waals surface area contributed by atoms with Gasteiger partial charge < -0.3 is 9.64 Å². The molecule has 0 aromatic carbocycles. The molecule has 6 heteroatoms. The van der Waals surface area contributed by atoms with Crippen molar-refractivity contribution in [3.8, 4) is 0 Å². The summed E-state index contributed by atoms with van der Waals surface area (Å²) in [4.78, 5) is 22.3. The molecule has 2 aliphatic heterocycles. The highest BCUT2D eigenvalue weighted by Gasteiger charge is 2.37. The number of carbonyl (C=O) groups is 1. The SMILES string of the molecule is O=C(c1cccs1)N1CC[C@@H]2COCCN(Cc3cccnc3)[C@@H]2C1. The van der Waals surface area contributed by atoms with Crippen LogP contribution in [0.4, 0.5) is 0 Å². The summed E-state index contributed by atoms with van der Waals surface area (Å²) < 4.78 is 5.84. The molecule has 0 aliphatic carbocycles. The van der Waals surface area contributed by atoms with E-state index in [2.05, 4.69) is 16.0 Å². The van der Waals surface area contributed by atoms with Gasteiger partial charge in [-0.15, -0.1) is 11.3 Å². The minimum absolute atomic E-state index is 0.167. The van der Waals surface area contributed by atoms with Crippen molar-refractivity contribution in [3.63, 3.8) is 0 Å². The Kier molecular flexibility index (Phi) is 5.10. The fraction of sp³-hybridized carbons (Fsp3) is 0.474. The van der Waals surface area contributed by atoms with Crippen LogP contribution in [0, 0.1) is 5.92 Å².